The highest BCUT2D eigenvalue weighted by Gasteiger charge is 2.18. The van der Waals surface area contributed by atoms with Gasteiger partial charge in [0.1, 0.15) is 0 Å². The molecule has 113 valence electrons. The van der Waals surface area contributed by atoms with Crippen LogP contribution in [0.15, 0.2) is 66.1 Å². The summed E-state index contributed by atoms with van der Waals surface area (Å²) in [5.41, 5.74) is 2.11. The van der Waals surface area contributed by atoms with Crippen molar-refractivity contribution in [1.29, 1.82) is 0 Å². The Kier molecular flexibility index (Phi) is 3.73. The molecule has 1 aromatic carbocycles. The molecule has 0 atom stereocenters. The minimum atomic E-state index is 0.662. The first-order valence-corrected chi connectivity index (χ1v) is 8.07. The molecule has 0 fully saturated rings. The van der Waals surface area contributed by atoms with Crippen LogP contribution in [0.1, 0.15) is 5.56 Å². The van der Waals surface area contributed by atoms with Crippen molar-refractivity contribution >= 4 is 32.6 Å². The van der Waals surface area contributed by atoms with Gasteiger partial charge in [-0.1, -0.05) is 29.5 Å². The Morgan fingerprint density at radius 1 is 1.13 bits per heavy atom. The number of aromatic nitrogens is 2. The molecule has 3 heterocycles. The van der Waals surface area contributed by atoms with Gasteiger partial charge in [0, 0.05) is 25.1 Å². The standard InChI is InChI=1S/C17H14N5S/c1-2-7-15-14(6-1)21-17(23-15)22-10-4-9-19-16(22)20-12-13-5-3-8-18-11-13/h1-11H,12H2,(H,19,20). The quantitative estimate of drug-likeness (QED) is 0.804. The SMILES string of the molecule is [CH]1C=CN=C(NCc2cccnc2)N1c1nc2ccccc2s1. The Balaban J connectivity index is 1.57. The van der Waals surface area contributed by atoms with Gasteiger partial charge in [-0.05, 0) is 29.8 Å². The molecule has 2 aromatic heterocycles. The Morgan fingerprint density at radius 3 is 2.96 bits per heavy atom. The summed E-state index contributed by atoms with van der Waals surface area (Å²) < 4.78 is 1.16. The Hall–Kier alpha value is -2.73. The average Bonchev–Trinajstić information content (AvgIpc) is 3.05. The van der Waals surface area contributed by atoms with Crippen LogP contribution in [-0.4, -0.2) is 15.9 Å². The molecular formula is C17H14N5S. The highest BCUT2D eigenvalue weighted by molar-refractivity contribution is 7.22. The highest BCUT2D eigenvalue weighted by Crippen LogP contribution is 2.30. The van der Waals surface area contributed by atoms with Crippen molar-refractivity contribution in [2.75, 3.05) is 4.90 Å². The normalized spacial score (nSPS) is 14.1. The fourth-order valence-corrected chi connectivity index (χ4v) is 3.25. The zero-order valence-electron chi connectivity index (χ0n) is 12.3. The van der Waals surface area contributed by atoms with E-state index in [2.05, 4.69) is 26.3 Å². The highest BCUT2D eigenvalue weighted by atomic mass is 32.1. The summed E-state index contributed by atoms with van der Waals surface area (Å²) in [4.78, 5) is 15.2. The molecule has 0 saturated heterocycles. The zero-order valence-corrected chi connectivity index (χ0v) is 13.1. The van der Waals surface area contributed by atoms with Gasteiger partial charge in [-0.15, -0.1) is 0 Å². The number of nitrogens with one attached hydrogen (secondary N) is 1. The lowest BCUT2D eigenvalue weighted by Crippen LogP contribution is -2.40. The van der Waals surface area contributed by atoms with E-state index in [9.17, 15) is 0 Å². The fourth-order valence-electron chi connectivity index (χ4n) is 2.30. The average molecular weight is 320 g/mol. The van der Waals surface area contributed by atoms with Crippen LogP contribution in [-0.2, 0) is 6.54 Å². The summed E-state index contributed by atoms with van der Waals surface area (Å²) in [5, 5.41) is 4.25. The van der Waals surface area contributed by atoms with Crippen LogP contribution in [0.4, 0.5) is 5.13 Å². The van der Waals surface area contributed by atoms with Crippen molar-refractivity contribution in [1.82, 2.24) is 15.3 Å². The van der Waals surface area contributed by atoms with Gasteiger partial charge in [0.15, 0.2) is 5.13 Å². The molecule has 3 aromatic rings. The van der Waals surface area contributed by atoms with Gasteiger partial charge in [-0.25, -0.2) is 9.98 Å². The van der Waals surface area contributed by atoms with Gasteiger partial charge in [0.2, 0.25) is 5.96 Å². The molecule has 6 heteroatoms. The van der Waals surface area contributed by atoms with Crippen molar-refractivity contribution in [3.63, 3.8) is 0 Å². The number of aliphatic imine (C=N–C) groups is 1. The Morgan fingerprint density at radius 2 is 2.09 bits per heavy atom. The molecule has 4 rings (SSSR count). The fraction of sp³-hybridized carbons (Fsp3) is 0.0588. The number of guanidine groups is 1. The van der Waals surface area contributed by atoms with Crippen LogP contribution in [0.5, 0.6) is 0 Å². The van der Waals surface area contributed by atoms with Crippen LogP contribution in [0, 0.1) is 6.54 Å². The summed E-state index contributed by atoms with van der Waals surface area (Å²) in [6.45, 7) is 2.63. The van der Waals surface area contributed by atoms with E-state index in [-0.39, 0.29) is 0 Å². The summed E-state index contributed by atoms with van der Waals surface area (Å²) in [7, 11) is 0. The van der Waals surface area contributed by atoms with Gasteiger partial charge >= 0.3 is 0 Å². The van der Waals surface area contributed by atoms with E-state index >= 15 is 0 Å². The smallest absolute Gasteiger partial charge is 0.205 e. The van der Waals surface area contributed by atoms with Crippen LogP contribution >= 0.6 is 11.3 Å². The maximum absolute atomic E-state index is 4.69. The molecule has 0 unspecified atom stereocenters. The summed E-state index contributed by atoms with van der Waals surface area (Å²) in [6.07, 6.45) is 7.29. The van der Waals surface area contributed by atoms with E-state index in [0.717, 1.165) is 26.9 Å². The second-order valence-corrected chi connectivity index (χ2v) is 6.00. The first-order chi connectivity index (χ1) is 11.4. The second-order valence-electron chi connectivity index (χ2n) is 4.99. The van der Waals surface area contributed by atoms with Crippen molar-refractivity contribution in [2.45, 2.75) is 6.54 Å². The van der Waals surface area contributed by atoms with Crippen LogP contribution in [0.3, 0.4) is 0 Å². The molecule has 23 heavy (non-hydrogen) atoms. The van der Waals surface area contributed by atoms with E-state index in [1.807, 2.05) is 54.0 Å². The Bertz CT molecular complexity index is 836. The number of thiazole rings is 1. The molecule has 1 radical (unpaired) electrons. The number of pyridine rings is 1. The van der Waals surface area contributed by atoms with Crippen LogP contribution in [0.25, 0.3) is 10.2 Å². The van der Waals surface area contributed by atoms with Crippen LogP contribution in [0.2, 0.25) is 0 Å². The third kappa shape index (κ3) is 2.93. The zero-order chi connectivity index (χ0) is 15.5. The number of rotatable bonds is 3. The minimum absolute atomic E-state index is 0.662. The first kappa shape index (κ1) is 13.9. The van der Waals surface area contributed by atoms with Gasteiger partial charge in [0.05, 0.1) is 16.8 Å². The number of nitrogens with zero attached hydrogens (tertiary/aromatic N) is 4. The largest absolute Gasteiger partial charge is 0.351 e. The summed E-state index contributed by atoms with van der Waals surface area (Å²) >= 11 is 1.65. The molecule has 0 spiro atoms. The summed E-state index contributed by atoms with van der Waals surface area (Å²) in [5.74, 6) is 0.760. The van der Waals surface area contributed by atoms with Crippen molar-refractivity contribution < 1.29 is 0 Å². The lowest BCUT2D eigenvalue weighted by atomic mass is 10.3. The third-order valence-corrected chi connectivity index (χ3v) is 4.44. The number of para-hydroxylation sites is 1. The maximum Gasteiger partial charge on any atom is 0.205 e. The van der Waals surface area contributed by atoms with E-state index in [1.54, 1.807) is 23.7 Å². The molecule has 1 aliphatic heterocycles. The lowest BCUT2D eigenvalue weighted by molar-refractivity contribution is 0.879. The van der Waals surface area contributed by atoms with E-state index in [1.165, 1.54) is 0 Å². The number of benzene rings is 1. The molecule has 0 saturated carbocycles. The minimum Gasteiger partial charge on any atom is -0.351 e. The van der Waals surface area contributed by atoms with E-state index in [0.29, 0.717) is 6.54 Å². The Labute approximate surface area is 138 Å². The molecular weight excluding hydrogens is 306 g/mol. The molecule has 0 amide bonds. The molecule has 1 N–H and O–H groups in total. The lowest BCUT2D eigenvalue weighted by Gasteiger charge is -2.24. The predicted octanol–water partition coefficient (Wildman–Crippen LogP) is 3.33. The molecule has 1 aliphatic rings. The van der Waals surface area contributed by atoms with Gasteiger partial charge in [0.25, 0.3) is 0 Å². The monoisotopic (exact) mass is 320 g/mol. The molecule has 0 aliphatic carbocycles. The number of hydrogen-bond donors (Lipinski definition) is 1. The molecule has 5 nitrogen and oxygen atoms in total. The number of anilines is 1. The van der Waals surface area contributed by atoms with Crippen LogP contribution < -0.4 is 10.2 Å². The number of hydrogen-bond acceptors (Lipinski definition) is 6. The van der Waals surface area contributed by atoms with E-state index < -0.39 is 0 Å². The number of fused-ring (bicyclic) bond motifs is 1. The van der Waals surface area contributed by atoms with Crippen molar-refractivity contribution in [3.8, 4) is 0 Å². The summed E-state index contributed by atoms with van der Waals surface area (Å²) in [6, 6.07) is 12.1. The topological polar surface area (TPSA) is 53.4 Å². The van der Waals surface area contributed by atoms with Crippen molar-refractivity contribution in [2.24, 2.45) is 4.99 Å². The second kappa shape index (κ2) is 6.18. The maximum atomic E-state index is 4.69. The van der Waals surface area contributed by atoms with E-state index in [4.69, 9.17) is 0 Å². The van der Waals surface area contributed by atoms with Gasteiger partial charge < -0.3 is 5.32 Å². The first-order valence-electron chi connectivity index (χ1n) is 7.25. The molecule has 0 bridgehead atoms. The predicted molar refractivity (Wildman–Crippen MR) is 94.1 cm³/mol. The van der Waals surface area contributed by atoms with Crippen molar-refractivity contribution in [3.05, 3.63) is 73.2 Å². The third-order valence-electron chi connectivity index (χ3n) is 3.41. The van der Waals surface area contributed by atoms with Gasteiger partial charge in [-0.2, -0.15) is 0 Å². The van der Waals surface area contributed by atoms with Gasteiger partial charge in [-0.3, -0.25) is 9.88 Å².